The predicted molar refractivity (Wildman–Crippen MR) is 63.6 cm³/mol. The van der Waals surface area contributed by atoms with Gasteiger partial charge in [0, 0.05) is 6.07 Å². The lowest BCUT2D eigenvalue weighted by Crippen LogP contribution is -2.16. The van der Waals surface area contributed by atoms with Crippen molar-refractivity contribution < 1.29 is 9.26 Å². The van der Waals surface area contributed by atoms with Gasteiger partial charge in [0.1, 0.15) is 12.0 Å². The fraction of sp³-hybridized carbons (Fsp3) is 0.455. The van der Waals surface area contributed by atoms with Crippen LogP contribution in [0.25, 0.3) is 11.5 Å². The zero-order chi connectivity index (χ0) is 13.1. The van der Waals surface area contributed by atoms with Crippen LogP contribution in [-0.2, 0) is 0 Å². The Kier molecular flexibility index (Phi) is 3.52. The van der Waals surface area contributed by atoms with Crippen molar-refractivity contribution in [3.8, 4) is 17.4 Å². The molecule has 0 saturated heterocycles. The van der Waals surface area contributed by atoms with Crippen molar-refractivity contribution in [1.82, 2.24) is 20.1 Å². The van der Waals surface area contributed by atoms with Crippen LogP contribution in [0, 0.1) is 5.92 Å². The Morgan fingerprint density at radius 1 is 1.33 bits per heavy atom. The van der Waals surface area contributed by atoms with Gasteiger partial charge >= 0.3 is 0 Å². The maximum absolute atomic E-state index is 5.93. The van der Waals surface area contributed by atoms with Gasteiger partial charge in [-0.2, -0.15) is 4.98 Å². The maximum atomic E-state index is 5.93. The van der Waals surface area contributed by atoms with Crippen LogP contribution in [0.4, 0.5) is 0 Å². The molecule has 1 atom stereocenters. The topological polar surface area (TPSA) is 100.0 Å². The number of rotatable bonds is 4. The van der Waals surface area contributed by atoms with Crippen molar-refractivity contribution in [2.24, 2.45) is 11.7 Å². The molecule has 0 aliphatic carbocycles. The van der Waals surface area contributed by atoms with E-state index in [9.17, 15) is 0 Å². The van der Waals surface area contributed by atoms with Crippen molar-refractivity contribution in [3.63, 3.8) is 0 Å². The van der Waals surface area contributed by atoms with Crippen LogP contribution in [0.2, 0.25) is 0 Å². The Hall–Kier alpha value is -2.02. The highest BCUT2D eigenvalue weighted by molar-refractivity contribution is 5.49. The molecule has 7 heteroatoms. The van der Waals surface area contributed by atoms with Crippen LogP contribution in [0.15, 0.2) is 16.9 Å². The van der Waals surface area contributed by atoms with Crippen LogP contribution in [0.3, 0.4) is 0 Å². The molecule has 0 aliphatic rings. The van der Waals surface area contributed by atoms with Gasteiger partial charge in [-0.15, -0.1) is 0 Å². The van der Waals surface area contributed by atoms with Gasteiger partial charge in [-0.05, 0) is 5.92 Å². The van der Waals surface area contributed by atoms with E-state index in [2.05, 4.69) is 20.1 Å². The summed E-state index contributed by atoms with van der Waals surface area (Å²) in [4.78, 5) is 12.2. The molecule has 0 bridgehead atoms. The highest BCUT2D eigenvalue weighted by Gasteiger charge is 2.19. The first-order valence-corrected chi connectivity index (χ1v) is 5.57. The first-order chi connectivity index (χ1) is 8.61. The van der Waals surface area contributed by atoms with Crippen molar-refractivity contribution in [1.29, 1.82) is 0 Å². The lowest BCUT2D eigenvalue weighted by molar-refractivity contribution is 0.325. The van der Waals surface area contributed by atoms with Crippen molar-refractivity contribution in [2.75, 3.05) is 7.11 Å². The van der Waals surface area contributed by atoms with Crippen molar-refractivity contribution in [3.05, 3.63) is 18.3 Å². The summed E-state index contributed by atoms with van der Waals surface area (Å²) in [5.41, 5.74) is 6.47. The van der Waals surface area contributed by atoms with E-state index >= 15 is 0 Å². The first-order valence-electron chi connectivity index (χ1n) is 5.57. The summed E-state index contributed by atoms with van der Waals surface area (Å²) in [5.74, 6) is 1.44. The Balaban J connectivity index is 2.29. The fourth-order valence-electron chi connectivity index (χ4n) is 1.33. The van der Waals surface area contributed by atoms with Gasteiger partial charge in [-0.1, -0.05) is 19.0 Å². The van der Waals surface area contributed by atoms with Crippen molar-refractivity contribution >= 4 is 0 Å². The number of nitrogens with two attached hydrogens (primary N) is 1. The largest absolute Gasteiger partial charge is 0.481 e. The van der Waals surface area contributed by atoms with Gasteiger partial charge in [-0.25, -0.2) is 9.97 Å². The van der Waals surface area contributed by atoms with Crippen molar-refractivity contribution in [2.45, 2.75) is 19.9 Å². The van der Waals surface area contributed by atoms with E-state index in [-0.39, 0.29) is 12.0 Å². The Bertz CT molecular complexity index is 526. The quantitative estimate of drug-likeness (QED) is 0.868. The Morgan fingerprint density at radius 3 is 2.78 bits per heavy atom. The summed E-state index contributed by atoms with van der Waals surface area (Å²) in [6, 6.07) is 1.35. The molecule has 2 aromatic heterocycles. The standard InChI is InChI=1S/C11H15N5O2/c1-6(2)9(12)11-15-10(16-18-11)7-4-8(17-3)14-5-13-7/h4-6,9H,12H2,1-3H3/t9-/m0/s1. The number of hydrogen-bond acceptors (Lipinski definition) is 7. The first kappa shape index (κ1) is 12.4. The van der Waals surface area contributed by atoms with E-state index in [0.717, 1.165) is 0 Å². The second-order valence-corrected chi connectivity index (χ2v) is 4.17. The average Bonchev–Trinajstić information content (AvgIpc) is 2.87. The second kappa shape index (κ2) is 5.09. The smallest absolute Gasteiger partial charge is 0.244 e. The highest BCUT2D eigenvalue weighted by Crippen LogP contribution is 2.21. The van der Waals surface area contributed by atoms with Gasteiger partial charge in [0.25, 0.3) is 0 Å². The molecule has 7 nitrogen and oxygen atoms in total. The molecule has 96 valence electrons. The summed E-state index contributed by atoms with van der Waals surface area (Å²) >= 11 is 0. The molecule has 0 aromatic carbocycles. The molecule has 2 heterocycles. The number of nitrogens with zero attached hydrogens (tertiary/aromatic N) is 4. The van der Waals surface area contributed by atoms with Crippen LogP contribution < -0.4 is 10.5 Å². The molecule has 0 spiro atoms. The molecular formula is C11H15N5O2. The zero-order valence-corrected chi connectivity index (χ0v) is 10.5. The maximum Gasteiger partial charge on any atom is 0.244 e. The second-order valence-electron chi connectivity index (χ2n) is 4.17. The number of hydrogen-bond donors (Lipinski definition) is 1. The molecule has 0 radical (unpaired) electrons. The predicted octanol–water partition coefficient (Wildman–Crippen LogP) is 1.19. The minimum atomic E-state index is -0.282. The highest BCUT2D eigenvalue weighted by atomic mass is 16.5. The van der Waals surface area contributed by atoms with Crippen LogP contribution in [0.1, 0.15) is 25.8 Å². The molecule has 18 heavy (non-hydrogen) atoms. The van der Waals surface area contributed by atoms with E-state index < -0.39 is 0 Å². The number of aromatic nitrogens is 4. The SMILES string of the molecule is COc1cc(-c2noc([C@@H](N)C(C)C)n2)ncn1. The summed E-state index contributed by atoms with van der Waals surface area (Å²) < 4.78 is 10.1. The lowest BCUT2D eigenvalue weighted by Gasteiger charge is -2.09. The van der Waals surface area contributed by atoms with E-state index in [1.54, 1.807) is 6.07 Å². The third kappa shape index (κ3) is 2.45. The minimum Gasteiger partial charge on any atom is -0.481 e. The van der Waals surface area contributed by atoms with E-state index in [4.69, 9.17) is 15.0 Å². The normalized spacial score (nSPS) is 12.7. The van der Waals surface area contributed by atoms with Gasteiger partial charge in [-0.3, -0.25) is 0 Å². The fourth-order valence-corrected chi connectivity index (χ4v) is 1.33. The van der Waals surface area contributed by atoms with Gasteiger partial charge in [0.15, 0.2) is 0 Å². The summed E-state index contributed by atoms with van der Waals surface area (Å²) in [6.07, 6.45) is 1.38. The van der Waals surface area contributed by atoms with Gasteiger partial charge in [0.05, 0.1) is 13.2 Å². The average molecular weight is 249 g/mol. The molecule has 0 saturated carbocycles. The molecule has 0 amide bonds. The van der Waals surface area contributed by atoms with Crippen LogP contribution in [-0.4, -0.2) is 27.2 Å². The van der Waals surface area contributed by atoms with Gasteiger partial charge in [0.2, 0.25) is 17.6 Å². The molecule has 2 N–H and O–H groups in total. The molecule has 0 fully saturated rings. The van der Waals surface area contributed by atoms with Crippen LogP contribution in [0.5, 0.6) is 5.88 Å². The van der Waals surface area contributed by atoms with Gasteiger partial charge < -0.3 is 15.0 Å². The van der Waals surface area contributed by atoms with Crippen LogP contribution >= 0.6 is 0 Å². The molecule has 0 unspecified atom stereocenters. The summed E-state index contributed by atoms with van der Waals surface area (Å²) in [6.45, 7) is 3.98. The molecule has 2 aromatic rings. The van der Waals surface area contributed by atoms with E-state index in [0.29, 0.717) is 23.3 Å². The number of ether oxygens (including phenoxy) is 1. The molecule has 0 aliphatic heterocycles. The number of methoxy groups -OCH3 is 1. The lowest BCUT2D eigenvalue weighted by atomic mass is 10.1. The molecular weight excluding hydrogens is 234 g/mol. The monoisotopic (exact) mass is 249 g/mol. The molecule has 2 rings (SSSR count). The zero-order valence-electron chi connectivity index (χ0n) is 10.5. The van der Waals surface area contributed by atoms with E-state index in [1.807, 2.05) is 13.8 Å². The third-order valence-electron chi connectivity index (χ3n) is 2.53. The minimum absolute atomic E-state index is 0.221. The summed E-state index contributed by atoms with van der Waals surface area (Å²) in [5, 5.41) is 3.85. The van der Waals surface area contributed by atoms with E-state index in [1.165, 1.54) is 13.4 Å². The third-order valence-corrected chi connectivity index (χ3v) is 2.53. The Labute approximate surface area is 104 Å². The summed E-state index contributed by atoms with van der Waals surface area (Å²) in [7, 11) is 1.53. The Morgan fingerprint density at radius 2 is 2.11 bits per heavy atom.